The Morgan fingerprint density at radius 1 is 1.33 bits per heavy atom. The molecule has 2 amide bonds. The average molecular weight is 247 g/mol. The molecule has 18 heavy (non-hydrogen) atoms. The molecule has 1 aromatic rings. The third-order valence-electron chi connectivity index (χ3n) is 3.04. The highest BCUT2D eigenvalue weighted by Crippen LogP contribution is 2.33. The third-order valence-corrected chi connectivity index (χ3v) is 3.04. The maximum Gasteiger partial charge on any atom is 0.414 e. The molecule has 1 saturated heterocycles. The van der Waals surface area contributed by atoms with Crippen LogP contribution in [0.15, 0.2) is 42.2 Å². The van der Waals surface area contributed by atoms with Crippen LogP contribution in [0.2, 0.25) is 0 Å². The average Bonchev–Trinajstić information content (AvgIpc) is 2.39. The molecule has 0 saturated carbocycles. The summed E-state index contributed by atoms with van der Waals surface area (Å²) in [6.45, 7) is 0. The molecule has 5 heteroatoms. The molecule has 1 aromatic carbocycles. The van der Waals surface area contributed by atoms with Crippen LogP contribution in [0.4, 0.5) is 4.79 Å². The van der Waals surface area contributed by atoms with Gasteiger partial charge in [0.25, 0.3) is 5.91 Å². The highest BCUT2D eigenvalue weighted by molar-refractivity contribution is 6.02. The molecule has 1 fully saturated rings. The zero-order valence-electron chi connectivity index (χ0n) is 9.61. The van der Waals surface area contributed by atoms with Crippen LogP contribution in [0.1, 0.15) is 24.4 Å². The molecule has 0 radical (unpaired) electrons. The van der Waals surface area contributed by atoms with Crippen molar-refractivity contribution in [1.82, 2.24) is 4.90 Å². The van der Waals surface area contributed by atoms with Crippen molar-refractivity contribution < 1.29 is 19.8 Å². The molecule has 1 unspecified atom stereocenters. The summed E-state index contributed by atoms with van der Waals surface area (Å²) in [6, 6.07) is 8.54. The Balaban J connectivity index is 2.37. The predicted octanol–water partition coefficient (Wildman–Crippen LogP) is 2.47. The number of aliphatic hydroxyl groups excluding tert-OH is 1. The van der Waals surface area contributed by atoms with E-state index < -0.39 is 18.0 Å². The van der Waals surface area contributed by atoms with Gasteiger partial charge in [-0.2, -0.15) is 0 Å². The lowest BCUT2D eigenvalue weighted by Gasteiger charge is -2.32. The standard InChI is InChI=1S/C13H13NO4/c15-8-10-6-7-11(9-4-2-1-3-5-9)14(12(10)16)13(17)18/h1-5,8,11,15H,6-7H2,(H,17,18). The van der Waals surface area contributed by atoms with E-state index in [0.717, 1.165) is 10.5 Å². The molecule has 0 bridgehead atoms. The van der Waals surface area contributed by atoms with Gasteiger partial charge in [0.1, 0.15) is 0 Å². The Morgan fingerprint density at radius 2 is 2.00 bits per heavy atom. The first-order chi connectivity index (χ1) is 8.65. The minimum absolute atomic E-state index is 0.129. The lowest BCUT2D eigenvalue weighted by atomic mass is 9.93. The first kappa shape index (κ1) is 12.2. The molecule has 1 atom stereocenters. The van der Waals surface area contributed by atoms with E-state index in [2.05, 4.69) is 0 Å². The summed E-state index contributed by atoms with van der Waals surface area (Å²) >= 11 is 0. The lowest BCUT2D eigenvalue weighted by Crippen LogP contribution is -2.43. The Kier molecular flexibility index (Phi) is 3.32. The van der Waals surface area contributed by atoms with Gasteiger partial charge in [0.2, 0.25) is 0 Å². The number of amides is 2. The number of imide groups is 1. The monoisotopic (exact) mass is 247 g/mol. The van der Waals surface area contributed by atoms with E-state index in [-0.39, 0.29) is 5.57 Å². The van der Waals surface area contributed by atoms with Gasteiger partial charge in [-0.1, -0.05) is 30.3 Å². The summed E-state index contributed by atoms with van der Waals surface area (Å²) in [5.41, 5.74) is 0.912. The van der Waals surface area contributed by atoms with Crippen LogP contribution in [0.25, 0.3) is 0 Å². The van der Waals surface area contributed by atoms with E-state index in [0.29, 0.717) is 19.1 Å². The van der Waals surface area contributed by atoms with E-state index in [9.17, 15) is 9.59 Å². The van der Waals surface area contributed by atoms with Crippen molar-refractivity contribution in [3.8, 4) is 0 Å². The summed E-state index contributed by atoms with van der Waals surface area (Å²) < 4.78 is 0. The number of aliphatic hydroxyl groups is 1. The van der Waals surface area contributed by atoms with Crippen LogP contribution in [0.5, 0.6) is 0 Å². The van der Waals surface area contributed by atoms with Crippen LogP contribution < -0.4 is 0 Å². The highest BCUT2D eigenvalue weighted by atomic mass is 16.4. The van der Waals surface area contributed by atoms with Crippen LogP contribution in [-0.2, 0) is 4.79 Å². The second-order valence-electron chi connectivity index (χ2n) is 4.08. The van der Waals surface area contributed by atoms with Gasteiger partial charge in [-0.3, -0.25) is 4.79 Å². The Hall–Kier alpha value is -2.30. The predicted molar refractivity (Wildman–Crippen MR) is 64.0 cm³/mol. The zero-order chi connectivity index (χ0) is 13.1. The Morgan fingerprint density at radius 3 is 2.56 bits per heavy atom. The largest absolute Gasteiger partial charge is 0.515 e. The fraction of sp³-hybridized carbons (Fsp3) is 0.231. The number of rotatable bonds is 1. The smallest absolute Gasteiger partial charge is 0.414 e. The molecule has 94 valence electrons. The van der Waals surface area contributed by atoms with Gasteiger partial charge in [0, 0.05) is 0 Å². The number of carbonyl (C=O) groups is 2. The van der Waals surface area contributed by atoms with Gasteiger partial charge >= 0.3 is 6.09 Å². The second kappa shape index (κ2) is 4.91. The van der Waals surface area contributed by atoms with Crippen molar-refractivity contribution in [2.45, 2.75) is 18.9 Å². The molecule has 0 spiro atoms. The molecular formula is C13H13NO4. The molecule has 1 heterocycles. The zero-order valence-corrected chi connectivity index (χ0v) is 9.61. The summed E-state index contributed by atoms with van der Waals surface area (Å²) in [4.78, 5) is 23.9. The molecule has 0 aromatic heterocycles. The minimum Gasteiger partial charge on any atom is -0.515 e. The van der Waals surface area contributed by atoms with E-state index in [1.807, 2.05) is 6.07 Å². The quantitative estimate of drug-likeness (QED) is 0.590. The van der Waals surface area contributed by atoms with Crippen LogP contribution in [0, 0.1) is 0 Å². The van der Waals surface area contributed by atoms with Gasteiger partial charge in [-0.15, -0.1) is 0 Å². The molecule has 2 rings (SSSR count). The number of carboxylic acid groups (broad SMARTS) is 1. The number of likely N-dealkylation sites (tertiary alicyclic amines) is 1. The number of piperidine rings is 1. The fourth-order valence-corrected chi connectivity index (χ4v) is 2.16. The van der Waals surface area contributed by atoms with Crippen molar-refractivity contribution in [2.24, 2.45) is 0 Å². The van der Waals surface area contributed by atoms with Crippen molar-refractivity contribution >= 4 is 12.0 Å². The minimum atomic E-state index is -1.30. The van der Waals surface area contributed by atoms with Gasteiger partial charge in [-0.05, 0) is 18.4 Å². The summed E-state index contributed by atoms with van der Waals surface area (Å²) in [5.74, 6) is -0.648. The van der Waals surface area contributed by atoms with Crippen molar-refractivity contribution in [3.63, 3.8) is 0 Å². The molecular weight excluding hydrogens is 234 g/mol. The summed E-state index contributed by atoms with van der Waals surface area (Å²) in [5, 5.41) is 18.1. The van der Waals surface area contributed by atoms with Crippen LogP contribution >= 0.6 is 0 Å². The number of hydrogen-bond acceptors (Lipinski definition) is 3. The van der Waals surface area contributed by atoms with E-state index in [4.69, 9.17) is 10.2 Å². The molecule has 1 aliphatic rings. The number of hydrogen-bond donors (Lipinski definition) is 2. The highest BCUT2D eigenvalue weighted by Gasteiger charge is 2.36. The molecule has 2 N–H and O–H groups in total. The Labute approximate surface area is 104 Å². The Bertz CT molecular complexity index is 495. The topological polar surface area (TPSA) is 77.8 Å². The fourth-order valence-electron chi connectivity index (χ4n) is 2.16. The summed E-state index contributed by atoms with van der Waals surface area (Å²) in [7, 11) is 0. The van der Waals surface area contributed by atoms with Crippen LogP contribution in [-0.4, -0.2) is 27.1 Å². The third kappa shape index (κ3) is 2.07. The van der Waals surface area contributed by atoms with Crippen molar-refractivity contribution in [2.75, 3.05) is 0 Å². The van der Waals surface area contributed by atoms with Crippen molar-refractivity contribution in [3.05, 3.63) is 47.7 Å². The first-order valence-corrected chi connectivity index (χ1v) is 5.60. The maximum absolute atomic E-state index is 11.9. The van der Waals surface area contributed by atoms with Crippen LogP contribution in [0.3, 0.4) is 0 Å². The van der Waals surface area contributed by atoms with Gasteiger partial charge in [0.05, 0.1) is 17.9 Å². The van der Waals surface area contributed by atoms with Gasteiger partial charge in [-0.25, -0.2) is 9.69 Å². The lowest BCUT2D eigenvalue weighted by molar-refractivity contribution is -0.129. The molecule has 1 aliphatic heterocycles. The molecule has 5 nitrogen and oxygen atoms in total. The normalized spacial score (nSPS) is 22.2. The summed E-state index contributed by atoms with van der Waals surface area (Å²) in [6.07, 6.45) is 0.250. The number of carbonyl (C=O) groups excluding carboxylic acids is 1. The van der Waals surface area contributed by atoms with E-state index >= 15 is 0 Å². The SMILES string of the molecule is O=C(O)N1C(=O)C(=CO)CCC1c1ccccc1. The second-order valence-corrected chi connectivity index (χ2v) is 4.08. The molecule has 0 aliphatic carbocycles. The van der Waals surface area contributed by atoms with E-state index in [1.165, 1.54) is 0 Å². The van der Waals surface area contributed by atoms with Crippen molar-refractivity contribution in [1.29, 1.82) is 0 Å². The van der Waals surface area contributed by atoms with Gasteiger partial charge in [0.15, 0.2) is 0 Å². The number of benzene rings is 1. The van der Waals surface area contributed by atoms with Gasteiger partial charge < -0.3 is 10.2 Å². The first-order valence-electron chi connectivity index (χ1n) is 5.60. The maximum atomic E-state index is 11.9. The number of nitrogens with zero attached hydrogens (tertiary/aromatic N) is 1. The van der Waals surface area contributed by atoms with E-state index in [1.54, 1.807) is 24.3 Å².